The average Bonchev–Trinajstić information content (AvgIpc) is 1.95. The van der Waals surface area contributed by atoms with E-state index in [1.807, 2.05) is 35.2 Å². The van der Waals surface area contributed by atoms with Gasteiger partial charge in [0.05, 0.1) is 0 Å². The Kier molecular flexibility index (Phi) is 2.51. The third kappa shape index (κ3) is 1.88. The van der Waals surface area contributed by atoms with Crippen molar-refractivity contribution >= 4 is 12.6 Å². The summed E-state index contributed by atoms with van der Waals surface area (Å²) in [4.78, 5) is 0.986. The molecular weight excluding hydrogens is 142 g/mol. The summed E-state index contributed by atoms with van der Waals surface area (Å²) in [5, 5.41) is 0. The Morgan fingerprint density at radius 1 is 1.50 bits per heavy atom. The Morgan fingerprint density at radius 2 is 2.10 bits per heavy atom. The lowest BCUT2D eigenvalue weighted by Gasteiger charge is -1.89. The van der Waals surface area contributed by atoms with Crippen LogP contribution in [0.3, 0.4) is 0 Å². The number of hydrogen-bond acceptors (Lipinski definition) is 1. The van der Waals surface area contributed by atoms with Gasteiger partial charge in [0.1, 0.15) is 0 Å². The number of nitrogens with zero attached hydrogens (tertiary/aromatic N) is 1. The molecule has 0 amide bonds. The van der Waals surface area contributed by atoms with E-state index >= 15 is 0 Å². The van der Waals surface area contributed by atoms with Gasteiger partial charge in [0.2, 0.25) is 0 Å². The highest BCUT2D eigenvalue weighted by molar-refractivity contribution is 7.80. The van der Waals surface area contributed by atoms with Crippen molar-refractivity contribution in [3.63, 3.8) is 0 Å². The van der Waals surface area contributed by atoms with Crippen LogP contribution in [0.25, 0.3) is 0 Å². The third-order valence-corrected chi connectivity index (χ3v) is 1.51. The van der Waals surface area contributed by atoms with Crippen LogP contribution in [-0.2, 0) is 6.54 Å². The molecule has 0 saturated heterocycles. The van der Waals surface area contributed by atoms with E-state index in [1.54, 1.807) is 0 Å². The third-order valence-electron chi connectivity index (χ3n) is 1.21. The molecule has 1 nitrogen and oxygen atoms in total. The Hall–Kier alpha value is -0.760. The van der Waals surface area contributed by atoms with Gasteiger partial charge >= 0.3 is 0 Å². The van der Waals surface area contributed by atoms with Crippen molar-refractivity contribution in [1.82, 2.24) is 0 Å². The number of allylic oxidation sites excluding steroid dienone is 1. The van der Waals surface area contributed by atoms with Gasteiger partial charge in [-0.05, 0) is 6.08 Å². The minimum atomic E-state index is 0.855. The zero-order chi connectivity index (χ0) is 7.40. The predicted molar refractivity (Wildman–Crippen MR) is 44.1 cm³/mol. The van der Waals surface area contributed by atoms with Crippen LogP contribution in [0.5, 0.6) is 0 Å². The van der Waals surface area contributed by atoms with Gasteiger partial charge in [-0.25, -0.2) is 4.57 Å². The molecular formula is C8H10NS+. The quantitative estimate of drug-likeness (QED) is 0.371. The molecule has 0 atom stereocenters. The summed E-state index contributed by atoms with van der Waals surface area (Å²) in [5.74, 6) is 0. The van der Waals surface area contributed by atoms with Crippen molar-refractivity contribution in [2.75, 3.05) is 0 Å². The summed E-state index contributed by atoms with van der Waals surface area (Å²) < 4.78 is 2.03. The largest absolute Gasteiger partial charge is 0.201 e. The first-order valence-corrected chi connectivity index (χ1v) is 3.56. The molecule has 1 heterocycles. The molecule has 0 aliphatic heterocycles. The molecule has 0 bridgehead atoms. The number of rotatable bonds is 2. The van der Waals surface area contributed by atoms with Crippen LogP contribution in [0.4, 0.5) is 0 Å². The predicted octanol–water partition coefficient (Wildman–Crippen LogP) is 1.45. The topological polar surface area (TPSA) is 3.88 Å². The van der Waals surface area contributed by atoms with Crippen molar-refractivity contribution < 1.29 is 4.57 Å². The Balaban J connectivity index is 2.78. The molecule has 1 rings (SSSR count). The summed E-state index contributed by atoms with van der Waals surface area (Å²) in [6, 6.07) is 3.90. The highest BCUT2D eigenvalue weighted by Crippen LogP contribution is 1.98. The Bertz CT molecular complexity index is 215. The molecule has 0 aromatic carbocycles. The molecule has 0 saturated carbocycles. The smallest absolute Gasteiger partial charge is 0.170 e. The lowest BCUT2D eigenvalue weighted by Crippen LogP contribution is -2.30. The zero-order valence-corrected chi connectivity index (χ0v) is 6.59. The Labute approximate surface area is 66.4 Å². The summed E-state index contributed by atoms with van der Waals surface area (Å²) in [6.07, 6.45) is 5.81. The van der Waals surface area contributed by atoms with Crippen LogP contribution in [-0.4, -0.2) is 0 Å². The van der Waals surface area contributed by atoms with Crippen LogP contribution in [0, 0.1) is 0 Å². The zero-order valence-electron chi connectivity index (χ0n) is 5.70. The van der Waals surface area contributed by atoms with Gasteiger partial charge in [-0.2, -0.15) is 0 Å². The fraction of sp³-hybridized carbons (Fsp3) is 0.125. The van der Waals surface area contributed by atoms with Gasteiger partial charge < -0.3 is 0 Å². The second-order valence-corrected chi connectivity index (χ2v) is 2.56. The molecule has 0 fully saturated rings. The van der Waals surface area contributed by atoms with Gasteiger partial charge in [0, 0.05) is 17.0 Å². The van der Waals surface area contributed by atoms with Gasteiger partial charge in [-0.1, -0.05) is 6.58 Å². The van der Waals surface area contributed by atoms with Crippen LogP contribution in [0.2, 0.25) is 0 Å². The van der Waals surface area contributed by atoms with E-state index in [-0.39, 0.29) is 0 Å². The molecule has 10 heavy (non-hydrogen) atoms. The SMILES string of the molecule is C=CC[n+]1ccc(S)cc1. The van der Waals surface area contributed by atoms with Gasteiger partial charge in [0.15, 0.2) is 18.9 Å². The highest BCUT2D eigenvalue weighted by atomic mass is 32.1. The summed E-state index contributed by atoms with van der Waals surface area (Å²) in [5.41, 5.74) is 0. The van der Waals surface area contributed by atoms with Gasteiger partial charge in [-0.15, -0.1) is 12.6 Å². The molecule has 2 heteroatoms. The van der Waals surface area contributed by atoms with Gasteiger partial charge in [-0.3, -0.25) is 0 Å². The number of aromatic nitrogens is 1. The van der Waals surface area contributed by atoms with Crippen LogP contribution in [0.15, 0.2) is 42.1 Å². The van der Waals surface area contributed by atoms with Crippen molar-refractivity contribution in [3.05, 3.63) is 37.2 Å². The lowest BCUT2D eigenvalue weighted by atomic mass is 10.4. The van der Waals surface area contributed by atoms with Crippen LogP contribution in [0.1, 0.15) is 0 Å². The second kappa shape index (κ2) is 3.42. The fourth-order valence-electron chi connectivity index (χ4n) is 0.720. The monoisotopic (exact) mass is 152 g/mol. The van der Waals surface area contributed by atoms with Crippen molar-refractivity contribution in [1.29, 1.82) is 0 Å². The van der Waals surface area contributed by atoms with Crippen LogP contribution < -0.4 is 4.57 Å². The van der Waals surface area contributed by atoms with Crippen molar-refractivity contribution in [2.45, 2.75) is 11.4 Å². The second-order valence-electron chi connectivity index (χ2n) is 2.04. The Morgan fingerprint density at radius 3 is 2.60 bits per heavy atom. The molecule has 52 valence electrons. The fourth-order valence-corrected chi connectivity index (χ4v) is 0.854. The number of thiol groups is 1. The van der Waals surface area contributed by atoms with E-state index in [0.717, 1.165) is 11.4 Å². The maximum absolute atomic E-state index is 4.16. The van der Waals surface area contributed by atoms with Crippen molar-refractivity contribution in [3.8, 4) is 0 Å². The van der Waals surface area contributed by atoms with Crippen LogP contribution >= 0.6 is 12.6 Å². The first-order valence-electron chi connectivity index (χ1n) is 3.12. The minimum Gasteiger partial charge on any atom is -0.201 e. The van der Waals surface area contributed by atoms with E-state index in [0.29, 0.717) is 0 Å². The number of pyridine rings is 1. The molecule has 1 aromatic rings. The lowest BCUT2D eigenvalue weighted by molar-refractivity contribution is -0.687. The maximum Gasteiger partial charge on any atom is 0.170 e. The maximum atomic E-state index is 4.16. The molecule has 0 aliphatic rings. The molecule has 0 spiro atoms. The first kappa shape index (κ1) is 7.35. The highest BCUT2D eigenvalue weighted by Gasteiger charge is 1.92. The number of hydrogen-bond donors (Lipinski definition) is 1. The van der Waals surface area contributed by atoms with E-state index in [2.05, 4.69) is 19.2 Å². The van der Waals surface area contributed by atoms with E-state index in [4.69, 9.17) is 0 Å². The first-order chi connectivity index (χ1) is 4.83. The summed E-state index contributed by atoms with van der Waals surface area (Å²) in [7, 11) is 0. The summed E-state index contributed by atoms with van der Waals surface area (Å²) >= 11 is 4.16. The van der Waals surface area contributed by atoms with Crippen molar-refractivity contribution in [2.24, 2.45) is 0 Å². The normalized spacial score (nSPS) is 9.30. The summed E-state index contributed by atoms with van der Waals surface area (Å²) in [6.45, 7) is 4.49. The molecule has 0 N–H and O–H groups in total. The molecule has 0 unspecified atom stereocenters. The van der Waals surface area contributed by atoms with E-state index in [9.17, 15) is 0 Å². The minimum absolute atomic E-state index is 0.855. The average molecular weight is 152 g/mol. The molecule has 0 aliphatic carbocycles. The standard InChI is InChI=1S/C8H9NS/c1-2-5-9-6-3-8(10)4-7-9/h2-4,6-7H,1,5H2/p+1. The molecule has 1 aromatic heterocycles. The van der Waals surface area contributed by atoms with E-state index < -0.39 is 0 Å². The van der Waals surface area contributed by atoms with E-state index in [1.165, 1.54) is 0 Å². The van der Waals surface area contributed by atoms with Gasteiger partial charge in [0.25, 0.3) is 0 Å². The molecule has 0 radical (unpaired) electrons.